The van der Waals surface area contributed by atoms with Crippen molar-refractivity contribution >= 4 is 27.3 Å². The average Bonchev–Trinajstić information content (AvgIpc) is 2.85. The zero-order valence-corrected chi connectivity index (χ0v) is 12.4. The van der Waals surface area contributed by atoms with E-state index in [4.69, 9.17) is 0 Å². The normalized spacial score (nSPS) is 12.6. The summed E-state index contributed by atoms with van der Waals surface area (Å²) in [6.07, 6.45) is 2.75. The first-order valence-corrected chi connectivity index (χ1v) is 7.47. The lowest BCUT2D eigenvalue weighted by atomic mass is 10.1. The van der Waals surface area contributed by atoms with Gasteiger partial charge in [-0.05, 0) is 25.1 Å². The Balaban J connectivity index is 2.33. The second kappa shape index (κ2) is 6.41. The summed E-state index contributed by atoms with van der Waals surface area (Å²) >= 11 is 4.81. The van der Waals surface area contributed by atoms with Crippen molar-refractivity contribution in [1.82, 2.24) is 10.3 Å². The summed E-state index contributed by atoms with van der Waals surface area (Å²) in [4.78, 5) is 4.29. The minimum Gasteiger partial charge on any atom is -0.304 e. The summed E-state index contributed by atoms with van der Waals surface area (Å²) in [5.74, 6) is -0.215. The average molecular weight is 329 g/mol. The molecule has 0 aliphatic heterocycles. The van der Waals surface area contributed by atoms with Gasteiger partial charge in [-0.15, -0.1) is 11.3 Å². The third-order valence-corrected chi connectivity index (χ3v) is 3.90. The standard InChI is InChI=1S/C13H14BrFN2S/c1-2-5-16-12(13-17-6-7-18-13)10-4-3-9(14)8-11(10)15/h3-4,6-8,12,16H,2,5H2,1H3. The predicted molar refractivity (Wildman–Crippen MR) is 76.4 cm³/mol. The van der Waals surface area contributed by atoms with Crippen molar-refractivity contribution < 1.29 is 4.39 Å². The van der Waals surface area contributed by atoms with Crippen molar-refractivity contribution in [3.8, 4) is 0 Å². The molecule has 1 aromatic heterocycles. The fraction of sp³-hybridized carbons (Fsp3) is 0.308. The largest absolute Gasteiger partial charge is 0.304 e. The van der Waals surface area contributed by atoms with Gasteiger partial charge in [-0.3, -0.25) is 0 Å². The lowest BCUT2D eigenvalue weighted by molar-refractivity contribution is 0.545. The van der Waals surface area contributed by atoms with Crippen LogP contribution in [0.5, 0.6) is 0 Å². The van der Waals surface area contributed by atoms with E-state index in [0.717, 1.165) is 22.4 Å². The summed E-state index contributed by atoms with van der Waals surface area (Å²) in [7, 11) is 0. The van der Waals surface area contributed by atoms with Gasteiger partial charge in [-0.1, -0.05) is 28.9 Å². The van der Waals surface area contributed by atoms with E-state index >= 15 is 0 Å². The summed E-state index contributed by atoms with van der Waals surface area (Å²) in [6, 6.07) is 4.97. The Morgan fingerprint density at radius 1 is 1.50 bits per heavy atom. The molecule has 0 aliphatic carbocycles. The van der Waals surface area contributed by atoms with E-state index in [-0.39, 0.29) is 11.9 Å². The molecule has 1 N–H and O–H groups in total. The Morgan fingerprint density at radius 2 is 2.33 bits per heavy atom. The van der Waals surface area contributed by atoms with Crippen LogP contribution in [0.2, 0.25) is 0 Å². The first-order valence-electron chi connectivity index (χ1n) is 5.80. The lowest BCUT2D eigenvalue weighted by Crippen LogP contribution is -2.24. The maximum Gasteiger partial charge on any atom is 0.129 e. The molecule has 0 radical (unpaired) electrons. The van der Waals surface area contributed by atoms with Crippen molar-refractivity contribution in [3.05, 3.63) is 50.6 Å². The number of aromatic nitrogens is 1. The minimum absolute atomic E-state index is 0.168. The van der Waals surface area contributed by atoms with Gasteiger partial charge in [0.1, 0.15) is 10.8 Å². The third-order valence-electron chi connectivity index (χ3n) is 2.57. The van der Waals surface area contributed by atoms with Gasteiger partial charge in [0.15, 0.2) is 0 Å². The van der Waals surface area contributed by atoms with Crippen molar-refractivity contribution in [2.75, 3.05) is 6.54 Å². The molecule has 0 aliphatic rings. The highest BCUT2D eigenvalue weighted by atomic mass is 79.9. The quantitative estimate of drug-likeness (QED) is 0.892. The molecule has 0 saturated heterocycles. The van der Waals surface area contributed by atoms with Gasteiger partial charge < -0.3 is 5.32 Å². The molecule has 1 aromatic carbocycles. The van der Waals surface area contributed by atoms with Crippen molar-refractivity contribution in [1.29, 1.82) is 0 Å². The number of hydrogen-bond acceptors (Lipinski definition) is 3. The van der Waals surface area contributed by atoms with Crippen LogP contribution in [-0.4, -0.2) is 11.5 Å². The van der Waals surface area contributed by atoms with Gasteiger partial charge >= 0.3 is 0 Å². The van der Waals surface area contributed by atoms with E-state index in [9.17, 15) is 4.39 Å². The molecule has 2 rings (SSSR count). The number of benzene rings is 1. The smallest absolute Gasteiger partial charge is 0.129 e. The third kappa shape index (κ3) is 3.16. The second-order valence-corrected chi connectivity index (χ2v) is 5.77. The van der Waals surface area contributed by atoms with Crippen LogP contribution in [0.15, 0.2) is 34.2 Å². The number of nitrogens with one attached hydrogen (secondary N) is 1. The van der Waals surface area contributed by atoms with Crippen LogP contribution < -0.4 is 5.32 Å². The van der Waals surface area contributed by atoms with Crippen molar-refractivity contribution in [3.63, 3.8) is 0 Å². The van der Waals surface area contributed by atoms with Gasteiger partial charge in [-0.25, -0.2) is 9.37 Å². The summed E-state index contributed by atoms with van der Waals surface area (Å²) < 4.78 is 14.8. The number of thiazole rings is 1. The topological polar surface area (TPSA) is 24.9 Å². The zero-order chi connectivity index (χ0) is 13.0. The fourth-order valence-corrected chi connectivity index (χ4v) is 2.79. The molecule has 18 heavy (non-hydrogen) atoms. The predicted octanol–water partition coefficient (Wildman–Crippen LogP) is 4.13. The molecule has 0 amide bonds. The highest BCUT2D eigenvalue weighted by Gasteiger charge is 2.19. The molecule has 0 saturated carbocycles. The van der Waals surface area contributed by atoms with Crippen LogP contribution >= 0.6 is 27.3 Å². The Kier molecular flexibility index (Phi) is 4.86. The molecule has 0 spiro atoms. The summed E-state index contributed by atoms with van der Waals surface area (Å²) in [6.45, 7) is 2.92. The number of nitrogens with zero attached hydrogens (tertiary/aromatic N) is 1. The maximum absolute atomic E-state index is 14.0. The van der Waals surface area contributed by atoms with E-state index in [1.54, 1.807) is 12.3 Å². The van der Waals surface area contributed by atoms with Crippen LogP contribution in [0.1, 0.15) is 30.0 Å². The highest BCUT2D eigenvalue weighted by Crippen LogP contribution is 2.27. The van der Waals surface area contributed by atoms with Gasteiger partial charge in [0.05, 0.1) is 6.04 Å². The number of hydrogen-bond donors (Lipinski definition) is 1. The molecule has 5 heteroatoms. The van der Waals surface area contributed by atoms with Crippen molar-refractivity contribution in [2.45, 2.75) is 19.4 Å². The van der Waals surface area contributed by atoms with E-state index in [1.165, 1.54) is 17.4 Å². The Bertz CT molecular complexity index is 502. The molecule has 96 valence electrons. The molecular formula is C13H14BrFN2S. The molecule has 2 nitrogen and oxygen atoms in total. The van der Waals surface area contributed by atoms with Crippen LogP contribution in [0, 0.1) is 5.82 Å². The molecule has 2 aromatic rings. The molecule has 0 fully saturated rings. The van der Waals surface area contributed by atoms with E-state index in [1.807, 2.05) is 11.4 Å². The first-order chi connectivity index (χ1) is 8.72. The second-order valence-electron chi connectivity index (χ2n) is 3.92. The zero-order valence-electron chi connectivity index (χ0n) is 9.99. The lowest BCUT2D eigenvalue weighted by Gasteiger charge is -2.17. The maximum atomic E-state index is 14.0. The van der Waals surface area contributed by atoms with Crippen molar-refractivity contribution in [2.24, 2.45) is 0 Å². The highest BCUT2D eigenvalue weighted by molar-refractivity contribution is 9.10. The van der Waals surface area contributed by atoms with Crippen LogP contribution in [0.25, 0.3) is 0 Å². The van der Waals surface area contributed by atoms with E-state index in [0.29, 0.717) is 5.56 Å². The number of rotatable bonds is 5. The van der Waals surface area contributed by atoms with E-state index < -0.39 is 0 Å². The molecule has 1 unspecified atom stereocenters. The fourth-order valence-electron chi connectivity index (χ4n) is 1.73. The summed E-state index contributed by atoms with van der Waals surface area (Å²) in [5.41, 5.74) is 0.640. The SMILES string of the molecule is CCCNC(c1nccs1)c1ccc(Br)cc1F. The number of halogens is 2. The van der Waals surface area contributed by atoms with Crippen LogP contribution in [0.4, 0.5) is 4.39 Å². The van der Waals surface area contributed by atoms with Gasteiger partial charge in [0, 0.05) is 21.6 Å². The Labute approximate surface area is 118 Å². The van der Waals surface area contributed by atoms with Gasteiger partial charge in [0.25, 0.3) is 0 Å². The monoisotopic (exact) mass is 328 g/mol. The molecule has 0 bridgehead atoms. The van der Waals surface area contributed by atoms with Crippen LogP contribution in [-0.2, 0) is 0 Å². The molecular weight excluding hydrogens is 315 g/mol. The van der Waals surface area contributed by atoms with Gasteiger partial charge in [-0.2, -0.15) is 0 Å². The molecule has 1 heterocycles. The molecule has 1 atom stereocenters. The Hall–Kier alpha value is -0.780. The van der Waals surface area contributed by atoms with E-state index in [2.05, 4.69) is 33.2 Å². The van der Waals surface area contributed by atoms with Crippen LogP contribution in [0.3, 0.4) is 0 Å². The first kappa shape index (κ1) is 13.6. The minimum atomic E-state index is -0.215. The Morgan fingerprint density at radius 3 is 2.94 bits per heavy atom. The van der Waals surface area contributed by atoms with Gasteiger partial charge in [0.2, 0.25) is 0 Å². The summed E-state index contributed by atoms with van der Waals surface area (Å²) in [5, 5.41) is 6.14.